The number of nitrogens with one attached hydrogen (secondary N) is 1. The van der Waals surface area contributed by atoms with Crippen molar-refractivity contribution in [2.45, 2.75) is 0 Å². The SMILES string of the molecule is CN(C)c1ccc(C(=O)Nc2ccc(Oc3cccc(C(N)=O)c3)nc2)cc1. The van der Waals surface area contributed by atoms with Gasteiger partial charge in [0.15, 0.2) is 0 Å². The number of rotatable bonds is 6. The van der Waals surface area contributed by atoms with Gasteiger partial charge in [0.25, 0.3) is 5.91 Å². The minimum Gasteiger partial charge on any atom is -0.439 e. The van der Waals surface area contributed by atoms with Crippen LogP contribution in [0.1, 0.15) is 20.7 Å². The second-order valence-corrected chi connectivity index (χ2v) is 6.27. The lowest BCUT2D eigenvalue weighted by molar-refractivity contribution is 0.0997. The number of carbonyl (C=O) groups excluding carboxylic acids is 2. The van der Waals surface area contributed by atoms with Crippen LogP contribution < -0.4 is 20.7 Å². The second kappa shape index (κ2) is 8.22. The number of hydrogen-bond donors (Lipinski definition) is 2. The van der Waals surface area contributed by atoms with E-state index in [0.717, 1.165) is 5.69 Å². The average Bonchev–Trinajstić information content (AvgIpc) is 2.69. The van der Waals surface area contributed by atoms with Crippen molar-refractivity contribution in [1.82, 2.24) is 4.98 Å². The first-order valence-electron chi connectivity index (χ1n) is 8.55. The number of nitrogens with two attached hydrogens (primary N) is 1. The Bertz CT molecular complexity index is 983. The highest BCUT2D eigenvalue weighted by Crippen LogP contribution is 2.22. The molecule has 28 heavy (non-hydrogen) atoms. The van der Waals surface area contributed by atoms with Crippen molar-refractivity contribution in [2.75, 3.05) is 24.3 Å². The van der Waals surface area contributed by atoms with Crippen LogP contribution in [0.4, 0.5) is 11.4 Å². The highest BCUT2D eigenvalue weighted by Gasteiger charge is 2.08. The van der Waals surface area contributed by atoms with Crippen LogP contribution in [0.2, 0.25) is 0 Å². The summed E-state index contributed by atoms with van der Waals surface area (Å²) in [6.45, 7) is 0. The number of pyridine rings is 1. The van der Waals surface area contributed by atoms with Crippen molar-refractivity contribution in [2.24, 2.45) is 5.73 Å². The Labute approximate surface area is 162 Å². The van der Waals surface area contributed by atoms with Gasteiger partial charge in [-0.05, 0) is 48.5 Å². The summed E-state index contributed by atoms with van der Waals surface area (Å²) in [5.41, 5.74) is 7.72. The Hall–Kier alpha value is -3.87. The minimum atomic E-state index is -0.532. The van der Waals surface area contributed by atoms with E-state index in [1.54, 1.807) is 42.5 Å². The van der Waals surface area contributed by atoms with Crippen LogP contribution in [0, 0.1) is 0 Å². The molecule has 2 aromatic carbocycles. The number of benzene rings is 2. The van der Waals surface area contributed by atoms with Crippen LogP contribution in [0.5, 0.6) is 11.6 Å². The average molecular weight is 376 g/mol. The van der Waals surface area contributed by atoms with Crippen molar-refractivity contribution in [3.05, 3.63) is 78.0 Å². The van der Waals surface area contributed by atoms with E-state index in [2.05, 4.69) is 10.3 Å². The molecule has 0 unspecified atom stereocenters. The first-order valence-corrected chi connectivity index (χ1v) is 8.55. The third-order valence-corrected chi connectivity index (χ3v) is 3.98. The third-order valence-electron chi connectivity index (χ3n) is 3.98. The summed E-state index contributed by atoms with van der Waals surface area (Å²) in [5, 5.41) is 2.79. The molecule has 0 aliphatic rings. The molecule has 0 radical (unpaired) electrons. The zero-order valence-electron chi connectivity index (χ0n) is 15.5. The van der Waals surface area contributed by atoms with E-state index in [1.165, 1.54) is 12.3 Å². The quantitative estimate of drug-likeness (QED) is 0.688. The van der Waals surface area contributed by atoms with E-state index in [4.69, 9.17) is 10.5 Å². The Kier molecular flexibility index (Phi) is 5.55. The van der Waals surface area contributed by atoms with Crippen LogP contribution in [-0.4, -0.2) is 30.9 Å². The zero-order chi connectivity index (χ0) is 20.1. The van der Waals surface area contributed by atoms with E-state index in [9.17, 15) is 9.59 Å². The lowest BCUT2D eigenvalue weighted by Gasteiger charge is -2.12. The van der Waals surface area contributed by atoms with Gasteiger partial charge in [0.05, 0.1) is 11.9 Å². The first-order chi connectivity index (χ1) is 13.4. The van der Waals surface area contributed by atoms with Crippen LogP contribution in [-0.2, 0) is 0 Å². The summed E-state index contributed by atoms with van der Waals surface area (Å²) in [7, 11) is 3.88. The first kappa shape index (κ1) is 18.9. The van der Waals surface area contributed by atoms with Gasteiger partial charge in [-0.2, -0.15) is 0 Å². The summed E-state index contributed by atoms with van der Waals surface area (Å²) in [6.07, 6.45) is 1.50. The predicted molar refractivity (Wildman–Crippen MR) is 108 cm³/mol. The van der Waals surface area contributed by atoms with E-state index < -0.39 is 5.91 Å². The van der Waals surface area contributed by atoms with Gasteiger partial charge < -0.3 is 20.7 Å². The maximum absolute atomic E-state index is 12.3. The number of carbonyl (C=O) groups is 2. The van der Waals surface area contributed by atoms with E-state index in [0.29, 0.717) is 28.4 Å². The molecule has 1 aromatic heterocycles. The van der Waals surface area contributed by atoms with Gasteiger partial charge in [-0.15, -0.1) is 0 Å². The molecule has 0 atom stereocenters. The van der Waals surface area contributed by atoms with Gasteiger partial charge in [-0.1, -0.05) is 6.07 Å². The largest absolute Gasteiger partial charge is 0.439 e. The fourth-order valence-electron chi connectivity index (χ4n) is 2.46. The van der Waals surface area contributed by atoms with Crippen LogP contribution >= 0.6 is 0 Å². The van der Waals surface area contributed by atoms with E-state index in [1.807, 2.05) is 31.1 Å². The molecule has 0 spiro atoms. The summed E-state index contributed by atoms with van der Waals surface area (Å²) >= 11 is 0. The minimum absolute atomic E-state index is 0.227. The topological polar surface area (TPSA) is 97.5 Å². The monoisotopic (exact) mass is 376 g/mol. The van der Waals surface area contributed by atoms with Crippen molar-refractivity contribution < 1.29 is 14.3 Å². The second-order valence-electron chi connectivity index (χ2n) is 6.27. The summed E-state index contributed by atoms with van der Waals surface area (Å²) in [6, 6.07) is 17.1. The van der Waals surface area contributed by atoms with E-state index >= 15 is 0 Å². The van der Waals surface area contributed by atoms with Gasteiger partial charge in [0.2, 0.25) is 11.8 Å². The van der Waals surface area contributed by atoms with Gasteiger partial charge >= 0.3 is 0 Å². The molecule has 3 aromatic rings. The Morgan fingerprint density at radius 1 is 1.00 bits per heavy atom. The summed E-state index contributed by atoms with van der Waals surface area (Å²) in [4.78, 5) is 29.7. The molecule has 0 saturated heterocycles. The van der Waals surface area contributed by atoms with Crippen molar-refractivity contribution in [3.63, 3.8) is 0 Å². The Morgan fingerprint density at radius 3 is 2.36 bits per heavy atom. The fraction of sp³-hybridized carbons (Fsp3) is 0.0952. The Morgan fingerprint density at radius 2 is 1.75 bits per heavy atom. The smallest absolute Gasteiger partial charge is 0.255 e. The van der Waals surface area contributed by atoms with Crippen LogP contribution in [0.15, 0.2) is 66.9 Å². The van der Waals surface area contributed by atoms with Crippen molar-refractivity contribution >= 4 is 23.2 Å². The van der Waals surface area contributed by atoms with Gasteiger partial charge in [0, 0.05) is 37.0 Å². The number of nitrogens with zero attached hydrogens (tertiary/aromatic N) is 2. The summed E-state index contributed by atoms with van der Waals surface area (Å²) < 4.78 is 5.61. The molecule has 7 heteroatoms. The van der Waals surface area contributed by atoms with Gasteiger partial charge in [-0.25, -0.2) is 4.98 Å². The summed E-state index contributed by atoms with van der Waals surface area (Å²) in [5.74, 6) is 0.0153. The van der Waals surface area contributed by atoms with E-state index in [-0.39, 0.29) is 5.91 Å². The number of ether oxygens (including phenoxy) is 1. The Balaban J connectivity index is 1.65. The highest BCUT2D eigenvalue weighted by molar-refractivity contribution is 6.04. The molecule has 0 fully saturated rings. The molecule has 1 heterocycles. The molecule has 0 bridgehead atoms. The van der Waals surface area contributed by atoms with Crippen LogP contribution in [0.3, 0.4) is 0 Å². The molecular weight excluding hydrogens is 356 g/mol. The predicted octanol–water partition coefficient (Wildman–Crippen LogP) is 3.29. The zero-order valence-corrected chi connectivity index (χ0v) is 15.5. The van der Waals surface area contributed by atoms with Gasteiger partial charge in [0.1, 0.15) is 5.75 Å². The van der Waals surface area contributed by atoms with Crippen LogP contribution in [0.25, 0.3) is 0 Å². The van der Waals surface area contributed by atoms with Crippen molar-refractivity contribution in [1.29, 1.82) is 0 Å². The standard InChI is InChI=1S/C21H20N4O3/c1-25(2)17-9-6-14(7-10-17)21(27)24-16-8-11-19(23-13-16)28-18-5-3-4-15(12-18)20(22)26/h3-13H,1-2H3,(H2,22,26)(H,24,27). The molecule has 142 valence electrons. The molecule has 0 aliphatic carbocycles. The lowest BCUT2D eigenvalue weighted by atomic mass is 10.2. The number of anilines is 2. The maximum atomic E-state index is 12.3. The number of hydrogen-bond acceptors (Lipinski definition) is 5. The number of amides is 2. The maximum Gasteiger partial charge on any atom is 0.255 e. The molecule has 3 rings (SSSR count). The molecule has 2 amide bonds. The third kappa shape index (κ3) is 4.64. The number of aromatic nitrogens is 1. The van der Waals surface area contributed by atoms with Crippen molar-refractivity contribution in [3.8, 4) is 11.6 Å². The molecule has 7 nitrogen and oxygen atoms in total. The molecule has 0 saturated carbocycles. The molecule has 3 N–H and O–H groups in total. The highest BCUT2D eigenvalue weighted by atomic mass is 16.5. The molecule has 0 aliphatic heterocycles. The molecular formula is C21H20N4O3. The van der Waals surface area contributed by atoms with Gasteiger partial charge in [-0.3, -0.25) is 9.59 Å². The fourth-order valence-corrected chi connectivity index (χ4v) is 2.46. The number of primary amides is 1. The normalized spacial score (nSPS) is 10.2. The lowest BCUT2D eigenvalue weighted by Crippen LogP contribution is -2.13.